The normalized spacial score (nSPS) is 10.3. The first-order valence-electron chi connectivity index (χ1n) is 8.60. The van der Waals surface area contributed by atoms with E-state index in [-0.39, 0.29) is 18.4 Å². The number of likely N-dealkylation sites (N-methyl/N-ethyl adjacent to an activating group) is 1. The van der Waals surface area contributed by atoms with Crippen molar-refractivity contribution in [1.29, 1.82) is 0 Å². The number of carbonyl (C=O) groups is 2. The molecule has 2 aromatic rings. The third-order valence-electron chi connectivity index (χ3n) is 4.08. The van der Waals surface area contributed by atoms with Crippen LogP contribution in [-0.4, -0.2) is 43.4 Å². The number of amides is 2. The van der Waals surface area contributed by atoms with Crippen LogP contribution in [0.3, 0.4) is 0 Å². The lowest BCUT2D eigenvalue weighted by atomic mass is 10.1. The Morgan fingerprint density at radius 1 is 1.04 bits per heavy atom. The molecule has 0 unspecified atom stereocenters. The average molecular weight is 357 g/mol. The number of hydrogen-bond acceptors (Lipinski definition) is 3. The molecule has 2 aromatic carbocycles. The molecule has 0 aliphatic heterocycles. The number of carbonyl (C=O) groups excluding carboxylic acids is 2. The highest BCUT2D eigenvalue weighted by Crippen LogP contribution is 2.16. The monoisotopic (exact) mass is 357 g/mol. The zero-order valence-electron chi connectivity index (χ0n) is 15.3. The van der Waals surface area contributed by atoms with E-state index in [4.69, 9.17) is 0 Å². The quantitative estimate of drug-likeness (QED) is 0.826. The van der Waals surface area contributed by atoms with E-state index >= 15 is 0 Å². The minimum Gasteiger partial charge on any atom is -0.372 e. The summed E-state index contributed by atoms with van der Waals surface area (Å²) in [5.41, 5.74) is 1.93. The van der Waals surface area contributed by atoms with Gasteiger partial charge in [0, 0.05) is 37.1 Å². The van der Waals surface area contributed by atoms with Crippen LogP contribution in [0.4, 0.5) is 15.8 Å². The fraction of sp³-hybridized carbons (Fsp3) is 0.300. The summed E-state index contributed by atoms with van der Waals surface area (Å²) in [5.74, 6) is -1.06. The van der Waals surface area contributed by atoms with Crippen LogP contribution in [0.25, 0.3) is 0 Å². The first-order valence-corrected chi connectivity index (χ1v) is 8.60. The number of nitrogens with zero attached hydrogens (tertiary/aromatic N) is 2. The van der Waals surface area contributed by atoms with Crippen molar-refractivity contribution in [3.8, 4) is 0 Å². The maximum absolute atomic E-state index is 13.2. The zero-order valence-corrected chi connectivity index (χ0v) is 15.3. The fourth-order valence-corrected chi connectivity index (χ4v) is 2.68. The van der Waals surface area contributed by atoms with Crippen LogP contribution < -0.4 is 10.2 Å². The molecule has 2 rings (SSSR count). The molecule has 26 heavy (non-hydrogen) atoms. The lowest BCUT2D eigenvalue weighted by Crippen LogP contribution is -2.35. The number of benzene rings is 2. The van der Waals surface area contributed by atoms with Crippen LogP contribution >= 0.6 is 0 Å². The Kier molecular flexibility index (Phi) is 6.72. The van der Waals surface area contributed by atoms with Gasteiger partial charge in [-0.1, -0.05) is 6.07 Å². The number of hydrogen-bond donors (Lipinski definition) is 1. The second-order valence-corrected chi connectivity index (χ2v) is 5.94. The van der Waals surface area contributed by atoms with Gasteiger partial charge in [0.15, 0.2) is 0 Å². The molecule has 1 N–H and O–H groups in total. The average Bonchev–Trinajstić information content (AvgIpc) is 2.62. The van der Waals surface area contributed by atoms with Crippen LogP contribution in [0.2, 0.25) is 0 Å². The summed E-state index contributed by atoms with van der Waals surface area (Å²) in [6, 6.07) is 13.0. The molecule has 0 bridgehead atoms. The molecular formula is C20H24FN3O2. The highest BCUT2D eigenvalue weighted by Gasteiger charge is 2.15. The van der Waals surface area contributed by atoms with Gasteiger partial charge in [-0.15, -0.1) is 0 Å². The van der Waals surface area contributed by atoms with Crippen molar-refractivity contribution in [2.45, 2.75) is 13.8 Å². The minimum atomic E-state index is -0.430. The van der Waals surface area contributed by atoms with Crippen LogP contribution in [0.15, 0.2) is 48.5 Å². The van der Waals surface area contributed by atoms with E-state index in [0.29, 0.717) is 11.3 Å². The first-order chi connectivity index (χ1) is 12.4. The molecule has 0 saturated heterocycles. The van der Waals surface area contributed by atoms with Gasteiger partial charge in [0.05, 0.1) is 6.54 Å². The summed E-state index contributed by atoms with van der Waals surface area (Å²) in [6.07, 6.45) is 0. The second kappa shape index (κ2) is 8.99. The number of halogens is 1. The molecule has 0 radical (unpaired) electrons. The van der Waals surface area contributed by atoms with Gasteiger partial charge in [-0.2, -0.15) is 0 Å². The van der Waals surface area contributed by atoms with E-state index in [9.17, 15) is 14.0 Å². The molecular weight excluding hydrogens is 333 g/mol. The van der Waals surface area contributed by atoms with Crippen molar-refractivity contribution >= 4 is 23.2 Å². The molecule has 0 aliphatic carbocycles. The predicted octanol–water partition coefficient (Wildman–Crippen LogP) is 3.38. The Morgan fingerprint density at radius 2 is 1.69 bits per heavy atom. The number of rotatable bonds is 7. The highest BCUT2D eigenvalue weighted by atomic mass is 19.1. The van der Waals surface area contributed by atoms with Crippen molar-refractivity contribution < 1.29 is 14.0 Å². The molecule has 6 heteroatoms. The van der Waals surface area contributed by atoms with Gasteiger partial charge < -0.3 is 15.1 Å². The third kappa shape index (κ3) is 5.05. The van der Waals surface area contributed by atoms with E-state index in [1.807, 2.05) is 12.1 Å². The lowest BCUT2D eigenvalue weighted by Gasteiger charge is -2.22. The summed E-state index contributed by atoms with van der Waals surface area (Å²) in [6.45, 7) is 5.82. The second-order valence-electron chi connectivity index (χ2n) is 5.94. The Hall–Kier alpha value is -2.89. The van der Waals surface area contributed by atoms with Gasteiger partial charge in [0.1, 0.15) is 5.82 Å². The Balaban J connectivity index is 1.97. The molecule has 2 amide bonds. The maximum atomic E-state index is 13.2. The number of nitrogens with one attached hydrogen (secondary N) is 1. The molecule has 138 valence electrons. The van der Waals surface area contributed by atoms with E-state index in [1.54, 1.807) is 25.2 Å². The van der Waals surface area contributed by atoms with E-state index < -0.39 is 5.82 Å². The van der Waals surface area contributed by atoms with Crippen LogP contribution in [0.1, 0.15) is 24.2 Å². The summed E-state index contributed by atoms with van der Waals surface area (Å²) >= 11 is 0. The molecule has 0 aliphatic rings. The first kappa shape index (κ1) is 19.4. The number of anilines is 2. The standard InChI is InChI=1S/C20H24FN3O2/c1-4-24(5-2)18-11-9-15(10-12-18)20(26)23(3)14-19(25)22-17-8-6-7-16(21)13-17/h6-13H,4-5,14H2,1-3H3,(H,22,25). The largest absolute Gasteiger partial charge is 0.372 e. The van der Waals surface area contributed by atoms with Crippen LogP contribution in [0.5, 0.6) is 0 Å². The molecule has 5 nitrogen and oxygen atoms in total. The van der Waals surface area contributed by atoms with Gasteiger partial charge in [0.25, 0.3) is 5.91 Å². The topological polar surface area (TPSA) is 52.7 Å². The van der Waals surface area contributed by atoms with Gasteiger partial charge in [-0.25, -0.2) is 4.39 Å². The van der Waals surface area contributed by atoms with Gasteiger partial charge in [0.2, 0.25) is 5.91 Å². The summed E-state index contributed by atoms with van der Waals surface area (Å²) in [4.78, 5) is 28.1. The molecule has 0 atom stereocenters. The Labute approximate surface area is 153 Å². The Morgan fingerprint density at radius 3 is 2.27 bits per heavy atom. The van der Waals surface area contributed by atoms with E-state index in [1.165, 1.54) is 23.1 Å². The maximum Gasteiger partial charge on any atom is 0.254 e. The molecule has 0 heterocycles. The molecule has 0 aromatic heterocycles. The van der Waals surface area contributed by atoms with Crippen molar-refractivity contribution in [2.24, 2.45) is 0 Å². The molecule has 0 saturated carbocycles. The fourth-order valence-electron chi connectivity index (χ4n) is 2.68. The summed E-state index contributed by atoms with van der Waals surface area (Å²) in [5, 5.41) is 2.58. The van der Waals surface area contributed by atoms with Crippen LogP contribution in [0, 0.1) is 5.82 Å². The van der Waals surface area contributed by atoms with Crippen molar-refractivity contribution in [3.63, 3.8) is 0 Å². The summed E-state index contributed by atoms with van der Waals surface area (Å²) < 4.78 is 13.2. The molecule has 0 fully saturated rings. The predicted molar refractivity (Wildman–Crippen MR) is 102 cm³/mol. The van der Waals surface area contributed by atoms with Gasteiger partial charge in [-0.3, -0.25) is 9.59 Å². The van der Waals surface area contributed by atoms with E-state index in [2.05, 4.69) is 24.1 Å². The Bertz CT molecular complexity index is 758. The van der Waals surface area contributed by atoms with Gasteiger partial charge in [-0.05, 0) is 56.3 Å². The van der Waals surface area contributed by atoms with E-state index in [0.717, 1.165) is 18.8 Å². The summed E-state index contributed by atoms with van der Waals surface area (Å²) in [7, 11) is 1.56. The SMILES string of the molecule is CCN(CC)c1ccc(C(=O)N(C)CC(=O)Nc2cccc(F)c2)cc1. The van der Waals surface area contributed by atoms with Crippen molar-refractivity contribution in [3.05, 3.63) is 59.9 Å². The van der Waals surface area contributed by atoms with Crippen LogP contribution in [-0.2, 0) is 4.79 Å². The highest BCUT2D eigenvalue weighted by molar-refractivity contribution is 5.99. The smallest absolute Gasteiger partial charge is 0.254 e. The minimum absolute atomic E-state index is 0.118. The molecule has 0 spiro atoms. The lowest BCUT2D eigenvalue weighted by molar-refractivity contribution is -0.116. The van der Waals surface area contributed by atoms with Gasteiger partial charge >= 0.3 is 0 Å². The van der Waals surface area contributed by atoms with Crippen molar-refractivity contribution in [1.82, 2.24) is 4.90 Å². The third-order valence-corrected chi connectivity index (χ3v) is 4.08. The van der Waals surface area contributed by atoms with Crippen molar-refractivity contribution in [2.75, 3.05) is 36.9 Å². The zero-order chi connectivity index (χ0) is 19.1.